The summed E-state index contributed by atoms with van der Waals surface area (Å²) in [5.41, 5.74) is 1.16. The summed E-state index contributed by atoms with van der Waals surface area (Å²) in [5.74, 6) is -1.30. The molecule has 0 aliphatic carbocycles. The number of hydrogen-bond acceptors (Lipinski definition) is 7. The van der Waals surface area contributed by atoms with Crippen molar-refractivity contribution >= 4 is 28.9 Å². The number of fused-ring (bicyclic) bond motifs is 1. The van der Waals surface area contributed by atoms with Crippen LogP contribution >= 0.6 is 0 Å². The first kappa shape index (κ1) is 22.5. The standard InChI is InChI=1S/C26H23N3O6/c1-2-16-34-19-14-12-17(13-15-19)27-25(30)22-23(20-10-6-7-11-21(20)29(32)33)28(35-24(22)26(27)31)18-8-4-3-5-9-18/h3-15,22-24H,2,16H2,1H3/t22-,23-,24-/m0/s1. The normalized spacial score (nSPS) is 21.3. The molecule has 0 saturated carbocycles. The van der Waals surface area contributed by atoms with E-state index < -0.39 is 34.8 Å². The number of rotatable bonds is 7. The average Bonchev–Trinajstić information content (AvgIpc) is 3.39. The summed E-state index contributed by atoms with van der Waals surface area (Å²) in [7, 11) is 0. The molecule has 5 rings (SSSR count). The van der Waals surface area contributed by atoms with Crippen LogP contribution < -0.4 is 14.7 Å². The van der Waals surface area contributed by atoms with Crippen LogP contribution in [0.5, 0.6) is 5.75 Å². The van der Waals surface area contributed by atoms with Crippen LogP contribution in [0.3, 0.4) is 0 Å². The van der Waals surface area contributed by atoms with E-state index in [0.29, 0.717) is 29.3 Å². The molecule has 0 bridgehead atoms. The number of nitro groups is 1. The third-order valence-corrected chi connectivity index (χ3v) is 6.15. The molecule has 2 aliphatic rings. The molecule has 2 heterocycles. The Morgan fingerprint density at radius 3 is 2.29 bits per heavy atom. The molecule has 3 atom stereocenters. The van der Waals surface area contributed by atoms with E-state index >= 15 is 0 Å². The lowest BCUT2D eigenvalue weighted by Crippen LogP contribution is -2.37. The molecule has 0 aromatic heterocycles. The Hall–Kier alpha value is -4.24. The molecule has 9 nitrogen and oxygen atoms in total. The number of ether oxygens (including phenoxy) is 1. The van der Waals surface area contributed by atoms with Gasteiger partial charge in [0.2, 0.25) is 5.91 Å². The highest BCUT2D eigenvalue weighted by molar-refractivity contribution is 6.24. The van der Waals surface area contributed by atoms with Crippen molar-refractivity contribution in [2.24, 2.45) is 5.92 Å². The summed E-state index contributed by atoms with van der Waals surface area (Å²) in [6.45, 7) is 2.56. The van der Waals surface area contributed by atoms with Gasteiger partial charge in [0, 0.05) is 6.07 Å². The van der Waals surface area contributed by atoms with Gasteiger partial charge in [-0.05, 0) is 48.9 Å². The van der Waals surface area contributed by atoms with Crippen LogP contribution in [0.4, 0.5) is 17.1 Å². The molecule has 3 aromatic rings. The van der Waals surface area contributed by atoms with Crippen molar-refractivity contribution in [3.8, 4) is 5.75 Å². The number of nitro benzene ring substituents is 1. The highest BCUT2D eigenvalue weighted by atomic mass is 16.7. The Kier molecular flexibility index (Phi) is 5.92. The van der Waals surface area contributed by atoms with Crippen LogP contribution in [0.25, 0.3) is 0 Å². The fourth-order valence-corrected chi connectivity index (χ4v) is 4.60. The van der Waals surface area contributed by atoms with Gasteiger partial charge in [0.25, 0.3) is 11.6 Å². The number of carbonyl (C=O) groups is 2. The largest absolute Gasteiger partial charge is 0.494 e. The molecule has 0 N–H and O–H groups in total. The summed E-state index contributed by atoms with van der Waals surface area (Å²) in [6, 6.07) is 21.0. The topological polar surface area (TPSA) is 102 Å². The Labute approximate surface area is 201 Å². The molecule has 0 unspecified atom stereocenters. The van der Waals surface area contributed by atoms with Crippen molar-refractivity contribution in [1.29, 1.82) is 0 Å². The van der Waals surface area contributed by atoms with Gasteiger partial charge in [0.15, 0.2) is 6.10 Å². The van der Waals surface area contributed by atoms with Crippen molar-refractivity contribution in [3.05, 3.63) is 94.5 Å². The van der Waals surface area contributed by atoms with E-state index in [-0.39, 0.29) is 5.69 Å². The first-order valence-electron chi connectivity index (χ1n) is 11.4. The van der Waals surface area contributed by atoms with Gasteiger partial charge in [0.1, 0.15) is 17.7 Å². The number of para-hydroxylation sites is 2. The predicted octanol–water partition coefficient (Wildman–Crippen LogP) is 4.43. The maximum Gasteiger partial charge on any atom is 0.274 e. The fourth-order valence-electron chi connectivity index (χ4n) is 4.60. The summed E-state index contributed by atoms with van der Waals surface area (Å²) >= 11 is 0. The Morgan fingerprint density at radius 2 is 1.60 bits per heavy atom. The summed E-state index contributed by atoms with van der Waals surface area (Å²) in [4.78, 5) is 45.6. The van der Waals surface area contributed by atoms with Crippen LogP contribution in [0.1, 0.15) is 24.9 Å². The van der Waals surface area contributed by atoms with Gasteiger partial charge in [-0.15, -0.1) is 0 Å². The number of hydrogen-bond donors (Lipinski definition) is 0. The van der Waals surface area contributed by atoms with Gasteiger partial charge >= 0.3 is 0 Å². The highest BCUT2D eigenvalue weighted by Crippen LogP contribution is 2.49. The zero-order chi connectivity index (χ0) is 24.5. The third-order valence-electron chi connectivity index (χ3n) is 6.15. The minimum absolute atomic E-state index is 0.140. The van der Waals surface area contributed by atoms with E-state index in [4.69, 9.17) is 9.57 Å². The molecule has 9 heteroatoms. The van der Waals surface area contributed by atoms with Crippen LogP contribution in [0.15, 0.2) is 78.9 Å². The second-order valence-corrected chi connectivity index (χ2v) is 8.33. The molecule has 0 radical (unpaired) electrons. The first-order valence-corrected chi connectivity index (χ1v) is 11.4. The van der Waals surface area contributed by atoms with Gasteiger partial charge in [-0.2, -0.15) is 0 Å². The quantitative estimate of drug-likeness (QED) is 0.284. The second-order valence-electron chi connectivity index (χ2n) is 8.33. The van der Waals surface area contributed by atoms with E-state index in [1.165, 1.54) is 11.1 Å². The lowest BCUT2D eigenvalue weighted by atomic mass is 9.89. The molecule has 0 spiro atoms. The molecule has 2 aliphatic heterocycles. The number of benzene rings is 3. The second kappa shape index (κ2) is 9.19. The van der Waals surface area contributed by atoms with Crippen LogP contribution in [-0.2, 0) is 14.4 Å². The van der Waals surface area contributed by atoms with Crippen molar-refractivity contribution in [2.75, 3.05) is 16.6 Å². The summed E-state index contributed by atoms with van der Waals surface area (Å²) < 4.78 is 5.59. The first-order chi connectivity index (χ1) is 17.0. The number of amides is 2. The summed E-state index contributed by atoms with van der Waals surface area (Å²) in [5, 5.41) is 13.3. The van der Waals surface area contributed by atoms with Gasteiger partial charge in [-0.3, -0.25) is 24.5 Å². The molecular weight excluding hydrogens is 450 g/mol. The maximum atomic E-state index is 13.7. The third kappa shape index (κ3) is 3.89. The van der Waals surface area contributed by atoms with E-state index in [0.717, 1.165) is 11.3 Å². The van der Waals surface area contributed by atoms with Crippen LogP contribution in [0, 0.1) is 16.0 Å². The molecule has 3 aromatic carbocycles. The Bertz CT molecular complexity index is 1260. The van der Waals surface area contributed by atoms with Gasteiger partial charge < -0.3 is 4.74 Å². The summed E-state index contributed by atoms with van der Waals surface area (Å²) in [6.07, 6.45) is -0.250. The number of nitrogens with zero attached hydrogens (tertiary/aromatic N) is 3. The molecule has 2 fully saturated rings. The minimum atomic E-state index is -1.11. The lowest BCUT2D eigenvalue weighted by Gasteiger charge is -2.28. The van der Waals surface area contributed by atoms with E-state index in [1.807, 2.05) is 13.0 Å². The van der Waals surface area contributed by atoms with Gasteiger partial charge in [-0.25, -0.2) is 9.96 Å². The Morgan fingerprint density at radius 1 is 0.914 bits per heavy atom. The molecule has 35 heavy (non-hydrogen) atoms. The minimum Gasteiger partial charge on any atom is -0.494 e. The van der Waals surface area contributed by atoms with E-state index in [2.05, 4.69) is 0 Å². The maximum absolute atomic E-state index is 13.7. The predicted molar refractivity (Wildman–Crippen MR) is 128 cm³/mol. The van der Waals surface area contributed by atoms with Crippen molar-refractivity contribution in [1.82, 2.24) is 0 Å². The smallest absolute Gasteiger partial charge is 0.274 e. The van der Waals surface area contributed by atoms with Crippen LogP contribution in [-0.4, -0.2) is 29.4 Å². The van der Waals surface area contributed by atoms with Crippen molar-refractivity contribution < 1.29 is 24.1 Å². The number of carbonyl (C=O) groups excluding carboxylic acids is 2. The monoisotopic (exact) mass is 473 g/mol. The van der Waals surface area contributed by atoms with Gasteiger partial charge in [-0.1, -0.05) is 37.3 Å². The van der Waals surface area contributed by atoms with Crippen molar-refractivity contribution in [2.45, 2.75) is 25.5 Å². The molecule has 178 valence electrons. The fraction of sp³-hybridized carbons (Fsp3) is 0.231. The SMILES string of the molecule is CCCOc1ccc(N2C(=O)[C@@H]3[C@H](ON(c4ccccc4)[C@H]3c3ccccc3[N+](=O)[O-])C2=O)cc1. The lowest BCUT2D eigenvalue weighted by molar-refractivity contribution is -0.385. The van der Waals surface area contributed by atoms with Gasteiger partial charge in [0.05, 0.1) is 28.5 Å². The average molecular weight is 473 g/mol. The number of anilines is 2. The zero-order valence-electron chi connectivity index (χ0n) is 18.9. The molecular formula is C26H23N3O6. The number of hydroxylamine groups is 1. The van der Waals surface area contributed by atoms with Crippen LogP contribution in [0.2, 0.25) is 0 Å². The zero-order valence-corrected chi connectivity index (χ0v) is 18.9. The van der Waals surface area contributed by atoms with E-state index in [1.54, 1.807) is 66.7 Å². The Balaban J connectivity index is 1.55. The molecule has 2 saturated heterocycles. The molecule has 2 amide bonds. The van der Waals surface area contributed by atoms with E-state index in [9.17, 15) is 19.7 Å². The highest BCUT2D eigenvalue weighted by Gasteiger charge is 2.61. The van der Waals surface area contributed by atoms with Crippen molar-refractivity contribution in [3.63, 3.8) is 0 Å². The number of imide groups is 1.